The van der Waals surface area contributed by atoms with Crippen LogP contribution in [0.3, 0.4) is 0 Å². The Hall–Kier alpha value is -2.47. The summed E-state index contributed by atoms with van der Waals surface area (Å²) >= 11 is 5.85. The van der Waals surface area contributed by atoms with E-state index in [9.17, 15) is 4.79 Å². The van der Waals surface area contributed by atoms with Crippen LogP contribution in [0.15, 0.2) is 36.7 Å². The SMILES string of the molecule is NC(=O)c1cc(-c2ccnnc2)ccc1Cl.O=CO. The third-order valence-electron chi connectivity index (χ3n) is 2.15. The zero-order valence-electron chi connectivity index (χ0n) is 9.65. The summed E-state index contributed by atoms with van der Waals surface area (Å²) in [5.41, 5.74) is 7.19. The quantitative estimate of drug-likeness (QED) is 0.812. The zero-order valence-corrected chi connectivity index (χ0v) is 10.4. The molecule has 0 radical (unpaired) electrons. The van der Waals surface area contributed by atoms with Crippen LogP contribution in [0.25, 0.3) is 11.1 Å². The van der Waals surface area contributed by atoms with Gasteiger partial charge < -0.3 is 10.8 Å². The van der Waals surface area contributed by atoms with Gasteiger partial charge in [0, 0.05) is 5.56 Å². The maximum absolute atomic E-state index is 11.1. The van der Waals surface area contributed by atoms with Crippen LogP contribution >= 0.6 is 11.6 Å². The highest BCUT2D eigenvalue weighted by molar-refractivity contribution is 6.33. The van der Waals surface area contributed by atoms with E-state index in [0.717, 1.165) is 11.1 Å². The monoisotopic (exact) mass is 279 g/mol. The molecule has 1 heterocycles. The van der Waals surface area contributed by atoms with Crippen molar-refractivity contribution in [3.63, 3.8) is 0 Å². The van der Waals surface area contributed by atoms with Crippen molar-refractivity contribution in [2.45, 2.75) is 0 Å². The number of halogens is 1. The molecule has 0 saturated heterocycles. The molecule has 6 nitrogen and oxygen atoms in total. The minimum atomic E-state index is -0.547. The summed E-state index contributed by atoms with van der Waals surface area (Å²) in [6, 6.07) is 6.87. The van der Waals surface area contributed by atoms with E-state index in [4.69, 9.17) is 27.2 Å². The van der Waals surface area contributed by atoms with Crippen molar-refractivity contribution in [2.24, 2.45) is 5.73 Å². The van der Waals surface area contributed by atoms with Crippen molar-refractivity contribution in [1.29, 1.82) is 0 Å². The van der Waals surface area contributed by atoms with E-state index in [-0.39, 0.29) is 6.47 Å². The first-order valence-electron chi connectivity index (χ1n) is 5.04. The summed E-state index contributed by atoms with van der Waals surface area (Å²) < 4.78 is 0. The second-order valence-electron chi connectivity index (χ2n) is 3.30. The molecule has 1 aromatic carbocycles. The van der Waals surface area contributed by atoms with Gasteiger partial charge in [-0.1, -0.05) is 17.7 Å². The summed E-state index contributed by atoms with van der Waals surface area (Å²) in [4.78, 5) is 19.5. The van der Waals surface area contributed by atoms with Crippen molar-refractivity contribution in [3.8, 4) is 11.1 Å². The Labute approximate surface area is 113 Å². The van der Waals surface area contributed by atoms with E-state index in [0.29, 0.717) is 10.6 Å². The number of hydrogen-bond acceptors (Lipinski definition) is 4. The third-order valence-corrected chi connectivity index (χ3v) is 2.48. The normalized spacial score (nSPS) is 9.11. The van der Waals surface area contributed by atoms with Gasteiger partial charge >= 0.3 is 0 Å². The predicted octanol–water partition coefficient (Wildman–Crippen LogP) is 1.60. The molecular formula is C12H10ClN3O3. The molecule has 0 unspecified atom stereocenters. The molecule has 0 spiro atoms. The molecular weight excluding hydrogens is 270 g/mol. The molecule has 2 rings (SSSR count). The topological polar surface area (TPSA) is 106 Å². The van der Waals surface area contributed by atoms with Gasteiger partial charge in [-0.3, -0.25) is 9.59 Å². The summed E-state index contributed by atoms with van der Waals surface area (Å²) in [7, 11) is 0. The number of benzene rings is 1. The van der Waals surface area contributed by atoms with Crippen LogP contribution < -0.4 is 5.73 Å². The number of hydrogen-bond donors (Lipinski definition) is 2. The molecule has 2 aromatic rings. The van der Waals surface area contributed by atoms with Crippen molar-refractivity contribution < 1.29 is 14.7 Å². The van der Waals surface area contributed by atoms with Crippen LogP contribution in [-0.4, -0.2) is 27.7 Å². The number of nitrogens with two attached hydrogens (primary N) is 1. The Morgan fingerprint density at radius 3 is 2.47 bits per heavy atom. The Balaban J connectivity index is 0.000000550. The number of carbonyl (C=O) groups excluding carboxylic acids is 1. The lowest BCUT2D eigenvalue weighted by atomic mass is 10.1. The average Bonchev–Trinajstić information content (AvgIpc) is 2.41. The number of amides is 1. The standard InChI is InChI=1S/C11H8ClN3O.CH2O2/c12-10-2-1-7(5-9(10)11(13)16)8-3-4-14-15-6-8;2-1-3/h1-6H,(H2,13,16);1H,(H,2,3). The lowest BCUT2D eigenvalue weighted by Crippen LogP contribution is -2.11. The van der Waals surface area contributed by atoms with Crippen LogP contribution in [0.4, 0.5) is 0 Å². The number of primary amides is 1. The molecule has 0 fully saturated rings. The van der Waals surface area contributed by atoms with Crippen molar-refractivity contribution in [3.05, 3.63) is 47.2 Å². The third kappa shape index (κ3) is 4.04. The highest BCUT2D eigenvalue weighted by Crippen LogP contribution is 2.24. The fourth-order valence-corrected chi connectivity index (χ4v) is 1.57. The van der Waals surface area contributed by atoms with Gasteiger partial charge in [0.05, 0.1) is 23.0 Å². The number of rotatable bonds is 2. The van der Waals surface area contributed by atoms with E-state index >= 15 is 0 Å². The van der Waals surface area contributed by atoms with E-state index in [1.54, 1.807) is 36.7 Å². The van der Waals surface area contributed by atoms with E-state index in [1.165, 1.54) is 0 Å². The summed E-state index contributed by atoms with van der Waals surface area (Å²) in [6.45, 7) is -0.250. The van der Waals surface area contributed by atoms with Gasteiger partial charge in [0.1, 0.15) is 0 Å². The van der Waals surface area contributed by atoms with E-state index < -0.39 is 5.91 Å². The number of nitrogens with zero attached hydrogens (tertiary/aromatic N) is 2. The minimum Gasteiger partial charge on any atom is -0.483 e. The fourth-order valence-electron chi connectivity index (χ4n) is 1.36. The number of carboxylic acid groups (broad SMARTS) is 1. The first-order chi connectivity index (χ1) is 9.10. The molecule has 98 valence electrons. The maximum atomic E-state index is 11.1. The highest BCUT2D eigenvalue weighted by Gasteiger charge is 2.08. The molecule has 0 atom stereocenters. The molecule has 7 heteroatoms. The van der Waals surface area contributed by atoms with Crippen molar-refractivity contribution >= 4 is 24.0 Å². The van der Waals surface area contributed by atoms with Gasteiger partial charge in [0.15, 0.2) is 0 Å². The Morgan fingerprint density at radius 1 is 1.26 bits per heavy atom. The Kier molecular flexibility index (Phi) is 5.43. The molecule has 19 heavy (non-hydrogen) atoms. The van der Waals surface area contributed by atoms with Crippen molar-refractivity contribution in [1.82, 2.24) is 10.2 Å². The number of carbonyl (C=O) groups is 2. The van der Waals surface area contributed by atoms with Crippen molar-refractivity contribution in [2.75, 3.05) is 0 Å². The molecule has 0 aliphatic rings. The zero-order chi connectivity index (χ0) is 14.3. The second-order valence-corrected chi connectivity index (χ2v) is 3.70. The highest BCUT2D eigenvalue weighted by atomic mass is 35.5. The van der Waals surface area contributed by atoms with E-state index in [1.807, 2.05) is 0 Å². The number of aromatic nitrogens is 2. The van der Waals surface area contributed by atoms with Gasteiger partial charge in [-0.25, -0.2) is 0 Å². The Bertz CT molecular complexity index is 576. The van der Waals surface area contributed by atoms with Crippen LogP contribution in [-0.2, 0) is 4.79 Å². The van der Waals surface area contributed by atoms with Gasteiger partial charge in [-0.2, -0.15) is 10.2 Å². The maximum Gasteiger partial charge on any atom is 0.290 e. The summed E-state index contributed by atoms with van der Waals surface area (Å²) in [5, 5.41) is 14.7. The van der Waals surface area contributed by atoms with Gasteiger partial charge in [0.25, 0.3) is 6.47 Å². The van der Waals surface area contributed by atoms with Crippen LogP contribution in [0.5, 0.6) is 0 Å². The predicted molar refractivity (Wildman–Crippen MR) is 69.7 cm³/mol. The molecule has 0 aliphatic heterocycles. The largest absolute Gasteiger partial charge is 0.483 e. The fraction of sp³-hybridized carbons (Fsp3) is 0. The Morgan fingerprint density at radius 2 is 1.95 bits per heavy atom. The lowest BCUT2D eigenvalue weighted by molar-refractivity contribution is -0.122. The molecule has 0 aliphatic carbocycles. The molecule has 1 amide bonds. The van der Waals surface area contributed by atoms with Gasteiger partial charge in [0.2, 0.25) is 5.91 Å². The van der Waals surface area contributed by atoms with Gasteiger partial charge in [-0.05, 0) is 23.8 Å². The first kappa shape index (κ1) is 14.6. The molecule has 3 N–H and O–H groups in total. The molecule has 0 bridgehead atoms. The van der Waals surface area contributed by atoms with Crippen LogP contribution in [0.1, 0.15) is 10.4 Å². The lowest BCUT2D eigenvalue weighted by Gasteiger charge is -2.04. The summed E-state index contributed by atoms with van der Waals surface area (Å²) in [5.74, 6) is -0.547. The van der Waals surface area contributed by atoms with Crippen LogP contribution in [0.2, 0.25) is 5.02 Å². The molecule has 1 aromatic heterocycles. The smallest absolute Gasteiger partial charge is 0.290 e. The van der Waals surface area contributed by atoms with Crippen LogP contribution in [0, 0.1) is 0 Å². The van der Waals surface area contributed by atoms with E-state index in [2.05, 4.69) is 10.2 Å². The minimum absolute atomic E-state index is 0.250. The second kappa shape index (κ2) is 7.07. The average molecular weight is 280 g/mol. The van der Waals surface area contributed by atoms with Gasteiger partial charge in [-0.15, -0.1) is 0 Å². The first-order valence-corrected chi connectivity index (χ1v) is 5.42. The molecule has 0 saturated carbocycles. The summed E-state index contributed by atoms with van der Waals surface area (Å²) in [6.07, 6.45) is 3.18.